The van der Waals surface area contributed by atoms with E-state index in [1.165, 1.54) is 12.4 Å². The third-order valence-corrected chi connectivity index (χ3v) is 3.76. The van der Waals surface area contributed by atoms with E-state index < -0.39 is 12.0 Å². The number of fused-ring (bicyclic) bond motifs is 1. The van der Waals surface area contributed by atoms with Crippen molar-refractivity contribution in [3.8, 4) is 5.75 Å². The van der Waals surface area contributed by atoms with Gasteiger partial charge in [0.25, 0.3) is 0 Å². The van der Waals surface area contributed by atoms with Gasteiger partial charge in [0, 0.05) is 5.70 Å². The molecule has 0 saturated carbocycles. The normalized spacial score (nSPS) is 16.2. The Labute approximate surface area is 139 Å². The molecular weight excluding hydrogens is 308 g/mol. The van der Waals surface area contributed by atoms with Crippen molar-refractivity contribution in [2.24, 2.45) is 0 Å². The lowest BCUT2D eigenvalue weighted by atomic mass is 9.95. The number of carbonyl (C=O) groups is 1. The molecule has 0 bridgehead atoms. The predicted octanol–water partition coefficient (Wildman–Crippen LogP) is 2.30. The standard InChI is InChI=1S/C17H18N4O3/c1-4-8-24-16(22)14-11(2)20-17-18-10-19-21(17)15(14)12-6-5-7-13(9-12)23-3/h4-7,9-10,15H,1,8H2,2-3H3,(H,18,19,20). The molecule has 0 spiro atoms. The van der Waals surface area contributed by atoms with Crippen LogP contribution in [0.5, 0.6) is 5.75 Å². The first-order valence-electron chi connectivity index (χ1n) is 7.45. The molecule has 1 N–H and O–H groups in total. The largest absolute Gasteiger partial charge is 0.497 e. The molecule has 1 aliphatic heterocycles. The van der Waals surface area contributed by atoms with Crippen LogP contribution >= 0.6 is 0 Å². The predicted molar refractivity (Wildman–Crippen MR) is 88.6 cm³/mol. The summed E-state index contributed by atoms with van der Waals surface area (Å²) in [4.78, 5) is 16.8. The maximum Gasteiger partial charge on any atom is 0.338 e. The maximum absolute atomic E-state index is 12.6. The van der Waals surface area contributed by atoms with Crippen molar-refractivity contribution in [1.82, 2.24) is 14.8 Å². The summed E-state index contributed by atoms with van der Waals surface area (Å²) in [5, 5.41) is 7.34. The van der Waals surface area contributed by atoms with Crippen LogP contribution in [0.3, 0.4) is 0 Å². The smallest absolute Gasteiger partial charge is 0.338 e. The van der Waals surface area contributed by atoms with Crippen molar-refractivity contribution >= 4 is 11.9 Å². The molecule has 0 radical (unpaired) electrons. The molecule has 0 fully saturated rings. The van der Waals surface area contributed by atoms with Crippen LogP contribution in [0.2, 0.25) is 0 Å². The highest BCUT2D eigenvalue weighted by Crippen LogP contribution is 2.36. The van der Waals surface area contributed by atoms with E-state index >= 15 is 0 Å². The summed E-state index contributed by atoms with van der Waals surface area (Å²) in [7, 11) is 1.60. The van der Waals surface area contributed by atoms with Gasteiger partial charge in [0.1, 0.15) is 24.7 Å². The van der Waals surface area contributed by atoms with Crippen LogP contribution in [0.15, 0.2) is 54.5 Å². The fourth-order valence-corrected chi connectivity index (χ4v) is 2.69. The number of ether oxygens (including phenoxy) is 2. The monoisotopic (exact) mass is 326 g/mol. The van der Waals surface area contributed by atoms with Crippen molar-refractivity contribution < 1.29 is 14.3 Å². The van der Waals surface area contributed by atoms with E-state index in [0.717, 1.165) is 5.56 Å². The van der Waals surface area contributed by atoms with Crippen LogP contribution in [-0.2, 0) is 9.53 Å². The van der Waals surface area contributed by atoms with E-state index in [4.69, 9.17) is 9.47 Å². The Hall–Kier alpha value is -3.09. The number of anilines is 1. The summed E-state index contributed by atoms with van der Waals surface area (Å²) in [5.74, 6) is 0.846. The van der Waals surface area contributed by atoms with Gasteiger partial charge >= 0.3 is 5.97 Å². The van der Waals surface area contributed by atoms with Gasteiger partial charge in [-0.15, -0.1) is 0 Å². The van der Waals surface area contributed by atoms with E-state index in [1.807, 2.05) is 31.2 Å². The number of esters is 1. The first-order chi connectivity index (χ1) is 11.7. The molecule has 7 heteroatoms. The Balaban J connectivity index is 2.10. The minimum absolute atomic E-state index is 0.144. The molecule has 7 nitrogen and oxygen atoms in total. The molecule has 3 rings (SSSR count). The molecule has 1 aliphatic rings. The van der Waals surface area contributed by atoms with E-state index in [0.29, 0.717) is 23.0 Å². The Bertz CT molecular complexity index is 810. The third kappa shape index (κ3) is 2.76. The number of methoxy groups -OCH3 is 1. The lowest BCUT2D eigenvalue weighted by Crippen LogP contribution is -2.29. The zero-order valence-electron chi connectivity index (χ0n) is 13.5. The van der Waals surface area contributed by atoms with Gasteiger partial charge in [-0.2, -0.15) is 10.1 Å². The zero-order valence-corrected chi connectivity index (χ0v) is 13.5. The van der Waals surface area contributed by atoms with Gasteiger partial charge in [-0.25, -0.2) is 9.48 Å². The van der Waals surface area contributed by atoms with Gasteiger partial charge in [-0.1, -0.05) is 24.8 Å². The summed E-state index contributed by atoms with van der Waals surface area (Å²) in [6.07, 6.45) is 2.98. The minimum Gasteiger partial charge on any atom is -0.497 e. The fraction of sp³-hybridized carbons (Fsp3) is 0.235. The molecular formula is C17H18N4O3. The second-order valence-corrected chi connectivity index (χ2v) is 5.26. The van der Waals surface area contributed by atoms with Crippen LogP contribution < -0.4 is 10.1 Å². The van der Waals surface area contributed by atoms with E-state index in [1.54, 1.807) is 11.8 Å². The number of allylic oxidation sites excluding steroid dienone is 1. The molecule has 0 aliphatic carbocycles. The Morgan fingerprint density at radius 1 is 1.50 bits per heavy atom. The number of nitrogens with zero attached hydrogens (tertiary/aromatic N) is 3. The summed E-state index contributed by atoms with van der Waals surface area (Å²) >= 11 is 0. The van der Waals surface area contributed by atoms with Gasteiger partial charge in [-0.05, 0) is 24.6 Å². The summed E-state index contributed by atoms with van der Waals surface area (Å²) in [6.45, 7) is 5.53. The minimum atomic E-state index is -0.448. The molecule has 1 unspecified atom stereocenters. The molecule has 124 valence electrons. The van der Waals surface area contributed by atoms with E-state index in [9.17, 15) is 4.79 Å². The van der Waals surface area contributed by atoms with Gasteiger partial charge in [-0.3, -0.25) is 0 Å². The zero-order chi connectivity index (χ0) is 17.1. The van der Waals surface area contributed by atoms with Crippen molar-refractivity contribution in [3.63, 3.8) is 0 Å². The number of hydrogen-bond donors (Lipinski definition) is 1. The summed E-state index contributed by atoms with van der Waals surface area (Å²) in [5.41, 5.74) is 2.01. The lowest BCUT2D eigenvalue weighted by molar-refractivity contribution is -0.138. The highest BCUT2D eigenvalue weighted by atomic mass is 16.5. The Morgan fingerprint density at radius 3 is 3.08 bits per heavy atom. The average Bonchev–Trinajstić information content (AvgIpc) is 3.06. The summed E-state index contributed by atoms with van der Waals surface area (Å²) < 4.78 is 12.2. The first kappa shape index (κ1) is 15.8. The quantitative estimate of drug-likeness (QED) is 0.671. The topological polar surface area (TPSA) is 78.3 Å². The number of rotatable bonds is 5. The Kier molecular flexibility index (Phi) is 4.33. The Morgan fingerprint density at radius 2 is 2.33 bits per heavy atom. The third-order valence-electron chi connectivity index (χ3n) is 3.76. The molecule has 2 heterocycles. The number of benzene rings is 1. The lowest BCUT2D eigenvalue weighted by Gasteiger charge is -2.28. The number of carbonyl (C=O) groups excluding carboxylic acids is 1. The van der Waals surface area contributed by atoms with Gasteiger partial charge in [0.05, 0.1) is 12.7 Å². The van der Waals surface area contributed by atoms with Gasteiger partial charge in [0.15, 0.2) is 0 Å². The molecule has 0 amide bonds. The SMILES string of the molecule is C=CCOC(=O)C1=C(C)Nc2ncnn2C1c1cccc(OC)c1. The molecule has 2 aromatic rings. The van der Waals surface area contributed by atoms with Crippen molar-refractivity contribution in [3.05, 3.63) is 60.1 Å². The number of nitrogens with one attached hydrogen (secondary N) is 1. The van der Waals surface area contributed by atoms with Crippen LogP contribution in [0, 0.1) is 0 Å². The van der Waals surface area contributed by atoms with Crippen molar-refractivity contribution in [2.75, 3.05) is 19.0 Å². The second kappa shape index (κ2) is 6.57. The highest BCUT2D eigenvalue weighted by molar-refractivity contribution is 5.92. The first-order valence-corrected chi connectivity index (χ1v) is 7.45. The van der Waals surface area contributed by atoms with Crippen molar-refractivity contribution in [2.45, 2.75) is 13.0 Å². The van der Waals surface area contributed by atoms with E-state index in [-0.39, 0.29) is 6.61 Å². The number of aromatic nitrogens is 3. The maximum atomic E-state index is 12.6. The van der Waals surface area contributed by atoms with Crippen LogP contribution in [-0.4, -0.2) is 34.5 Å². The van der Waals surface area contributed by atoms with E-state index in [2.05, 4.69) is 22.0 Å². The van der Waals surface area contributed by atoms with Crippen LogP contribution in [0.25, 0.3) is 0 Å². The fourth-order valence-electron chi connectivity index (χ4n) is 2.69. The molecule has 1 atom stereocenters. The summed E-state index contributed by atoms with van der Waals surface area (Å²) in [6, 6.07) is 7.05. The molecule has 1 aromatic heterocycles. The average molecular weight is 326 g/mol. The van der Waals surface area contributed by atoms with Gasteiger partial charge < -0.3 is 14.8 Å². The molecule has 24 heavy (non-hydrogen) atoms. The van der Waals surface area contributed by atoms with Crippen molar-refractivity contribution in [1.29, 1.82) is 0 Å². The van der Waals surface area contributed by atoms with Crippen LogP contribution in [0.1, 0.15) is 18.5 Å². The van der Waals surface area contributed by atoms with Crippen LogP contribution in [0.4, 0.5) is 5.95 Å². The molecule has 0 saturated heterocycles. The highest BCUT2D eigenvalue weighted by Gasteiger charge is 2.34. The van der Waals surface area contributed by atoms with Gasteiger partial charge in [0.2, 0.25) is 5.95 Å². The number of hydrogen-bond acceptors (Lipinski definition) is 6. The molecule has 1 aromatic carbocycles. The second-order valence-electron chi connectivity index (χ2n) is 5.26.